The lowest BCUT2D eigenvalue weighted by Gasteiger charge is -2.42. The fraction of sp³-hybridized carbons (Fsp3) is 0.882. The van der Waals surface area contributed by atoms with Crippen LogP contribution < -0.4 is 0 Å². The molecule has 4 aliphatic carbocycles. The highest BCUT2D eigenvalue weighted by molar-refractivity contribution is 6.67. The van der Waals surface area contributed by atoms with Crippen LogP contribution in [0.4, 0.5) is 0 Å². The Morgan fingerprint density at radius 1 is 0.950 bits per heavy atom. The summed E-state index contributed by atoms with van der Waals surface area (Å²) in [7, 11) is -1.98. The molecule has 7 unspecified atom stereocenters. The Labute approximate surface area is 124 Å². The van der Waals surface area contributed by atoms with E-state index in [2.05, 4.69) is 32.5 Å². The third-order valence-corrected chi connectivity index (χ3v) is 10.5. The summed E-state index contributed by atoms with van der Waals surface area (Å²) >= 11 is 0. The highest BCUT2D eigenvalue weighted by Crippen LogP contribution is 2.70. The quantitative estimate of drug-likeness (QED) is 0.433. The highest BCUT2D eigenvalue weighted by Gasteiger charge is 2.65. The van der Waals surface area contributed by atoms with Gasteiger partial charge in [-0.25, -0.2) is 0 Å². The van der Waals surface area contributed by atoms with Crippen molar-refractivity contribution in [1.29, 1.82) is 0 Å². The van der Waals surface area contributed by atoms with Crippen LogP contribution in [0.2, 0.25) is 12.1 Å². The molecule has 112 valence electrons. The molecule has 0 aromatic rings. The van der Waals surface area contributed by atoms with Gasteiger partial charge in [0.25, 0.3) is 0 Å². The van der Waals surface area contributed by atoms with Gasteiger partial charge in [0.2, 0.25) is 0 Å². The van der Waals surface area contributed by atoms with Gasteiger partial charge in [-0.05, 0) is 75.2 Å². The van der Waals surface area contributed by atoms with Crippen LogP contribution in [0, 0.1) is 35.5 Å². The Morgan fingerprint density at radius 3 is 2.25 bits per heavy atom. The second-order valence-electron chi connectivity index (χ2n) is 7.49. The van der Waals surface area contributed by atoms with Gasteiger partial charge in [-0.15, -0.1) is 0 Å². The maximum absolute atomic E-state index is 6.23. The van der Waals surface area contributed by atoms with Gasteiger partial charge < -0.3 is 8.85 Å². The van der Waals surface area contributed by atoms with Crippen molar-refractivity contribution in [2.24, 2.45) is 35.5 Å². The summed E-state index contributed by atoms with van der Waals surface area (Å²) in [4.78, 5) is 0. The van der Waals surface area contributed by atoms with Crippen molar-refractivity contribution in [2.75, 3.05) is 13.2 Å². The molecule has 0 spiro atoms. The van der Waals surface area contributed by atoms with E-state index in [1.807, 2.05) is 0 Å². The molecule has 20 heavy (non-hydrogen) atoms. The molecule has 0 aromatic heterocycles. The minimum Gasteiger partial charge on any atom is -0.394 e. The third-order valence-electron chi connectivity index (χ3n) is 6.81. The van der Waals surface area contributed by atoms with Crippen LogP contribution >= 0.6 is 0 Å². The van der Waals surface area contributed by atoms with E-state index in [4.69, 9.17) is 8.85 Å². The largest absolute Gasteiger partial charge is 0.394 e. The van der Waals surface area contributed by atoms with Gasteiger partial charge in [0.15, 0.2) is 0 Å². The van der Waals surface area contributed by atoms with Crippen LogP contribution in [0.3, 0.4) is 0 Å². The second-order valence-corrected chi connectivity index (χ2v) is 10.8. The van der Waals surface area contributed by atoms with Gasteiger partial charge in [-0.1, -0.05) is 12.2 Å². The number of rotatable bonds is 5. The number of fused-ring (bicyclic) bond motifs is 9. The maximum atomic E-state index is 6.23. The van der Waals surface area contributed by atoms with Gasteiger partial charge in [0, 0.05) is 18.8 Å². The molecule has 2 nitrogen and oxygen atoms in total. The summed E-state index contributed by atoms with van der Waals surface area (Å²) in [5, 5.41) is 0. The lowest BCUT2D eigenvalue weighted by molar-refractivity contribution is 0.137. The van der Waals surface area contributed by atoms with E-state index >= 15 is 0 Å². The monoisotopic (exact) mass is 292 g/mol. The lowest BCUT2D eigenvalue weighted by Crippen LogP contribution is -2.48. The van der Waals surface area contributed by atoms with E-state index in [0.717, 1.165) is 54.3 Å². The average Bonchev–Trinajstić information content (AvgIpc) is 3.17. The maximum Gasteiger partial charge on any atom is 0.338 e. The van der Waals surface area contributed by atoms with Crippen molar-refractivity contribution in [2.45, 2.75) is 45.2 Å². The molecule has 0 heterocycles. The minimum absolute atomic E-state index is 0.751. The summed E-state index contributed by atoms with van der Waals surface area (Å²) in [5.74, 6) is 5.69. The zero-order valence-electron chi connectivity index (χ0n) is 13.0. The van der Waals surface area contributed by atoms with E-state index in [0.29, 0.717) is 0 Å². The molecule has 3 heteroatoms. The first-order chi connectivity index (χ1) is 9.68. The average molecular weight is 292 g/mol. The number of hydrogen-bond donors (Lipinski definition) is 0. The van der Waals surface area contributed by atoms with Crippen molar-refractivity contribution in [1.82, 2.24) is 0 Å². The standard InChI is InChI=1S/C17H28O2Si/c1-4-18-20(3,19-5-2)15-10-13-9-14(15)17-12-7-6-11(8-12)16(13)17/h6-7,11-17H,4-5,8-10H2,1-3H3. The number of allylic oxidation sites excluding steroid dienone is 2. The van der Waals surface area contributed by atoms with Crippen LogP contribution in [-0.2, 0) is 8.85 Å². The molecule has 0 aromatic carbocycles. The summed E-state index contributed by atoms with van der Waals surface area (Å²) in [6.45, 7) is 8.22. The fourth-order valence-electron chi connectivity index (χ4n) is 6.45. The molecule has 0 N–H and O–H groups in total. The molecule has 0 radical (unpaired) electrons. The van der Waals surface area contributed by atoms with Gasteiger partial charge in [-0.2, -0.15) is 0 Å². The van der Waals surface area contributed by atoms with Crippen LogP contribution in [0.25, 0.3) is 0 Å². The van der Waals surface area contributed by atoms with Crippen molar-refractivity contribution in [3.8, 4) is 0 Å². The molecule has 7 atom stereocenters. The van der Waals surface area contributed by atoms with E-state index in [9.17, 15) is 0 Å². The first-order valence-electron chi connectivity index (χ1n) is 8.64. The van der Waals surface area contributed by atoms with Crippen molar-refractivity contribution in [3.05, 3.63) is 12.2 Å². The first kappa shape index (κ1) is 13.5. The molecular weight excluding hydrogens is 264 g/mol. The molecule has 4 rings (SSSR count). The predicted molar refractivity (Wildman–Crippen MR) is 82.6 cm³/mol. The third kappa shape index (κ3) is 1.69. The topological polar surface area (TPSA) is 18.5 Å². The van der Waals surface area contributed by atoms with Gasteiger partial charge in [-0.3, -0.25) is 0 Å². The van der Waals surface area contributed by atoms with E-state index in [1.54, 1.807) is 0 Å². The normalized spacial score (nSPS) is 48.2. The first-order valence-corrected chi connectivity index (χ1v) is 11.0. The van der Waals surface area contributed by atoms with Crippen LogP contribution in [0.1, 0.15) is 33.1 Å². The van der Waals surface area contributed by atoms with Crippen molar-refractivity contribution < 1.29 is 8.85 Å². The molecule has 0 saturated heterocycles. The van der Waals surface area contributed by atoms with Crippen molar-refractivity contribution in [3.63, 3.8) is 0 Å². The SMILES string of the molecule is CCO[Si](C)(OCC)C1CC2CC1C1C3C=CC(C3)C21. The molecule has 4 bridgehead atoms. The predicted octanol–water partition coefficient (Wildman–Crippen LogP) is 3.98. The summed E-state index contributed by atoms with van der Waals surface area (Å²) < 4.78 is 12.5. The van der Waals surface area contributed by atoms with Gasteiger partial charge in [0.1, 0.15) is 0 Å². The molecule has 3 saturated carbocycles. The Kier molecular flexibility index (Phi) is 3.17. The Bertz CT molecular complexity index is 415. The highest BCUT2D eigenvalue weighted by atomic mass is 28.4. The zero-order valence-corrected chi connectivity index (χ0v) is 14.0. The molecule has 0 aliphatic heterocycles. The lowest BCUT2D eigenvalue weighted by atomic mass is 9.73. The van der Waals surface area contributed by atoms with Gasteiger partial charge >= 0.3 is 8.56 Å². The Morgan fingerprint density at radius 2 is 1.60 bits per heavy atom. The smallest absolute Gasteiger partial charge is 0.338 e. The fourth-order valence-corrected chi connectivity index (χ4v) is 9.97. The van der Waals surface area contributed by atoms with Crippen LogP contribution in [0.5, 0.6) is 0 Å². The van der Waals surface area contributed by atoms with E-state index < -0.39 is 8.56 Å². The second kappa shape index (κ2) is 4.69. The molecule has 3 fully saturated rings. The van der Waals surface area contributed by atoms with Crippen LogP contribution in [-0.4, -0.2) is 21.8 Å². The van der Waals surface area contributed by atoms with E-state index in [-0.39, 0.29) is 0 Å². The molecule has 4 aliphatic rings. The molecule has 0 amide bonds. The Balaban J connectivity index is 1.59. The van der Waals surface area contributed by atoms with Crippen LogP contribution in [0.15, 0.2) is 12.2 Å². The summed E-state index contributed by atoms with van der Waals surface area (Å²) in [6, 6.07) is 0. The van der Waals surface area contributed by atoms with Gasteiger partial charge in [0.05, 0.1) is 0 Å². The summed E-state index contributed by atoms with van der Waals surface area (Å²) in [5.41, 5.74) is 0.751. The zero-order chi connectivity index (χ0) is 13.9. The molecular formula is C17H28O2Si. The minimum atomic E-state index is -1.98. The number of hydrogen-bond acceptors (Lipinski definition) is 2. The van der Waals surface area contributed by atoms with E-state index in [1.165, 1.54) is 19.3 Å². The Hall–Kier alpha value is -0.123. The van der Waals surface area contributed by atoms with Crippen molar-refractivity contribution >= 4 is 8.56 Å². The summed E-state index contributed by atoms with van der Waals surface area (Å²) in [6.07, 6.45) is 9.38.